The third-order valence-electron chi connectivity index (χ3n) is 4.88. The van der Waals surface area contributed by atoms with Crippen LogP contribution < -0.4 is 5.32 Å². The van der Waals surface area contributed by atoms with Crippen LogP contribution in [0.15, 0.2) is 30.3 Å². The predicted octanol–water partition coefficient (Wildman–Crippen LogP) is 3.10. The molecule has 1 aromatic rings. The highest BCUT2D eigenvalue weighted by molar-refractivity contribution is 5.80. The van der Waals surface area contributed by atoms with E-state index >= 15 is 0 Å². The Morgan fingerprint density at radius 3 is 2.65 bits per heavy atom. The molecular weight excluding hydrogens is 290 g/mol. The fourth-order valence-electron chi connectivity index (χ4n) is 3.14. The molecule has 0 aliphatic heterocycles. The first-order valence-corrected chi connectivity index (χ1v) is 8.55. The van der Waals surface area contributed by atoms with Crippen molar-refractivity contribution in [3.63, 3.8) is 0 Å². The molecular formula is C19H27NO3. The van der Waals surface area contributed by atoms with Crippen LogP contribution in [0.3, 0.4) is 0 Å². The average Bonchev–Trinajstić information content (AvgIpc) is 2.56. The van der Waals surface area contributed by atoms with E-state index in [1.165, 1.54) is 6.42 Å². The lowest BCUT2D eigenvalue weighted by atomic mass is 9.78. The molecule has 1 aliphatic rings. The second kappa shape index (κ2) is 8.70. The van der Waals surface area contributed by atoms with Crippen LogP contribution in [0.2, 0.25) is 0 Å². The standard InChI is InChI=1S/C19H27NO3/c1-14-7-6-10-17(15(14)2)20-18(21)13-23-19(22)12-11-16-8-4-3-5-9-16/h3-5,8-9,14-15,17H,6-7,10-13H2,1-2H3,(H,20,21)/t14-,15-,17+/m1/s1. The summed E-state index contributed by atoms with van der Waals surface area (Å²) >= 11 is 0. The van der Waals surface area contributed by atoms with Crippen LogP contribution in [0.5, 0.6) is 0 Å². The first-order chi connectivity index (χ1) is 11.1. The van der Waals surface area contributed by atoms with Gasteiger partial charge in [-0.1, -0.05) is 57.0 Å². The van der Waals surface area contributed by atoms with Crippen LogP contribution in [0, 0.1) is 11.8 Å². The zero-order chi connectivity index (χ0) is 16.7. The van der Waals surface area contributed by atoms with Crippen molar-refractivity contribution >= 4 is 11.9 Å². The van der Waals surface area contributed by atoms with Crippen LogP contribution in [0.4, 0.5) is 0 Å². The number of hydrogen-bond acceptors (Lipinski definition) is 3. The maximum Gasteiger partial charge on any atom is 0.306 e. The van der Waals surface area contributed by atoms with Gasteiger partial charge in [-0.3, -0.25) is 9.59 Å². The molecule has 23 heavy (non-hydrogen) atoms. The van der Waals surface area contributed by atoms with Gasteiger partial charge in [0.25, 0.3) is 5.91 Å². The summed E-state index contributed by atoms with van der Waals surface area (Å²) in [5, 5.41) is 3.01. The third kappa shape index (κ3) is 5.70. The third-order valence-corrected chi connectivity index (χ3v) is 4.88. The van der Waals surface area contributed by atoms with E-state index in [4.69, 9.17) is 4.74 Å². The van der Waals surface area contributed by atoms with Crippen LogP contribution in [-0.4, -0.2) is 24.5 Å². The number of hydrogen-bond donors (Lipinski definition) is 1. The monoisotopic (exact) mass is 317 g/mol. The van der Waals surface area contributed by atoms with Crippen molar-refractivity contribution in [1.29, 1.82) is 0 Å². The summed E-state index contributed by atoms with van der Waals surface area (Å²) in [6, 6.07) is 9.99. The molecule has 0 aromatic heterocycles. The van der Waals surface area contributed by atoms with Crippen molar-refractivity contribution in [2.24, 2.45) is 11.8 Å². The van der Waals surface area contributed by atoms with Gasteiger partial charge in [-0.2, -0.15) is 0 Å². The van der Waals surface area contributed by atoms with Crippen LogP contribution in [-0.2, 0) is 20.7 Å². The van der Waals surface area contributed by atoms with E-state index in [-0.39, 0.29) is 24.5 Å². The highest BCUT2D eigenvalue weighted by atomic mass is 16.5. The highest BCUT2D eigenvalue weighted by Gasteiger charge is 2.28. The zero-order valence-electron chi connectivity index (χ0n) is 14.1. The maximum absolute atomic E-state index is 12.0. The van der Waals surface area contributed by atoms with Crippen molar-refractivity contribution in [1.82, 2.24) is 5.32 Å². The molecule has 1 N–H and O–H groups in total. The summed E-state index contributed by atoms with van der Waals surface area (Å²) < 4.78 is 5.08. The first-order valence-electron chi connectivity index (χ1n) is 8.55. The van der Waals surface area contributed by atoms with Crippen molar-refractivity contribution in [3.8, 4) is 0 Å². The van der Waals surface area contributed by atoms with Gasteiger partial charge in [-0.25, -0.2) is 0 Å². The van der Waals surface area contributed by atoms with Crippen molar-refractivity contribution < 1.29 is 14.3 Å². The molecule has 0 unspecified atom stereocenters. The normalized spacial score (nSPS) is 24.0. The number of ether oxygens (including phenoxy) is 1. The van der Waals surface area contributed by atoms with E-state index in [1.807, 2.05) is 30.3 Å². The van der Waals surface area contributed by atoms with E-state index in [2.05, 4.69) is 19.2 Å². The molecule has 1 saturated carbocycles. The van der Waals surface area contributed by atoms with E-state index in [1.54, 1.807) is 0 Å². The minimum absolute atomic E-state index is 0.175. The molecule has 1 amide bonds. The lowest BCUT2D eigenvalue weighted by Gasteiger charge is -2.34. The molecule has 1 fully saturated rings. The number of aryl methyl sites for hydroxylation is 1. The second-order valence-electron chi connectivity index (χ2n) is 6.59. The Bertz CT molecular complexity index is 515. The Balaban J connectivity index is 1.66. The summed E-state index contributed by atoms with van der Waals surface area (Å²) in [4.78, 5) is 23.7. The van der Waals surface area contributed by atoms with E-state index in [0.717, 1.165) is 18.4 Å². The largest absolute Gasteiger partial charge is 0.456 e. The lowest BCUT2D eigenvalue weighted by molar-refractivity contribution is -0.148. The van der Waals surface area contributed by atoms with Crippen LogP contribution in [0.25, 0.3) is 0 Å². The quantitative estimate of drug-likeness (QED) is 0.820. The fourth-order valence-corrected chi connectivity index (χ4v) is 3.14. The summed E-state index contributed by atoms with van der Waals surface area (Å²) in [5.41, 5.74) is 1.10. The van der Waals surface area contributed by atoms with Gasteiger partial charge >= 0.3 is 5.97 Å². The smallest absolute Gasteiger partial charge is 0.306 e. The topological polar surface area (TPSA) is 55.4 Å². The number of amides is 1. The van der Waals surface area contributed by atoms with Crippen molar-refractivity contribution in [3.05, 3.63) is 35.9 Å². The van der Waals surface area contributed by atoms with Gasteiger partial charge in [0.15, 0.2) is 6.61 Å². The van der Waals surface area contributed by atoms with E-state index < -0.39 is 0 Å². The van der Waals surface area contributed by atoms with Gasteiger partial charge < -0.3 is 10.1 Å². The van der Waals surface area contributed by atoms with Gasteiger partial charge in [0.2, 0.25) is 0 Å². The van der Waals surface area contributed by atoms with Crippen LogP contribution >= 0.6 is 0 Å². The van der Waals surface area contributed by atoms with Gasteiger partial charge in [0, 0.05) is 12.5 Å². The molecule has 4 heteroatoms. The number of esters is 1. The maximum atomic E-state index is 12.0. The highest BCUT2D eigenvalue weighted by Crippen LogP contribution is 2.29. The Labute approximate surface area is 138 Å². The summed E-state index contributed by atoms with van der Waals surface area (Å²) in [7, 11) is 0. The van der Waals surface area contributed by atoms with Gasteiger partial charge in [-0.05, 0) is 30.2 Å². The molecule has 0 bridgehead atoms. The molecule has 1 aromatic carbocycles. The molecule has 0 spiro atoms. The Morgan fingerprint density at radius 2 is 1.91 bits per heavy atom. The number of benzene rings is 1. The zero-order valence-corrected chi connectivity index (χ0v) is 14.1. The molecule has 0 heterocycles. The van der Waals surface area contributed by atoms with E-state index in [9.17, 15) is 9.59 Å². The molecule has 0 radical (unpaired) electrons. The number of carbonyl (C=O) groups excluding carboxylic acids is 2. The Kier molecular flexibility index (Phi) is 6.63. The summed E-state index contributed by atoms with van der Waals surface area (Å²) in [6.07, 6.45) is 4.32. The number of carbonyl (C=O) groups is 2. The van der Waals surface area contributed by atoms with Crippen LogP contribution in [0.1, 0.15) is 45.1 Å². The van der Waals surface area contributed by atoms with Gasteiger partial charge in [0.05, 0.1) is 0 Å². The predicted molar refractivity (Wildman–Crippen MR) is 89.8 cm³/mol. The second-order valence-corrected chi connectivity index (χ2v) is 6.59. The van der Waals surface area contributed by atoms with E-state index in [0.29, 0.717) is 24.7 Å². The lowest BCUT2D eigenvalue weighted by Crippen LogP contribution is -2.45. The molecule has 4 nitrogen and oxygen atoms in total. The summed E-state index contributed by atoms with van der Waals surface area (Å²) in [5.74, 6) is 0.585. The molecule has 0 saturated heterocycles. The Morgan fingerprint density at radius 1 is 1.17 bits per heavy atom. The number of rotatable bonds is 6. The molecule has 3 atom stereocenters. The SMILES string of the molecule is C[C@@H]1[C@H](C)CCC[C@@H]1NC(=O)COC(=O)CCc1ccccc1. The molecule has 126 valence electrons. The minimum atomic E-state index is -0.325. The Hall–Kier alpha value is -1.84. The summed E-state index contributed by atoms with van der Waals surface area (Å²) in [6.45, 7) is 4.23. The van der Waals surface area contributed by atoms with Gasteiger partial charge in [0.1, 0.15) is 0 Å². The van der Waals surface area contributed by atoms with Crippen molar-refractivity contribution in [2.75, 3.05) is 6.61 Å². The first kappa shape index (κ1) is 17.5. The molecule has 1 aliphatic carbocycles. The minimum Gasteiger partial charge on any atom is -0.456 e. The van der Waals surface area contributed by atoms with Crippen molar-refractivity contribution in [2.45, 2.75) is 52.0 Å². The van der Waals surface area contributed by atoms with Gasteiger partial charge in [-0.15, -0.1) is 0 Å². The number of nitrogens with one attached hydrogen (secondary N) is 1. The fraction of sp³-hybridized carbons (Fsp3) is 0.579. The average molecular weight is 317 g/mol. The molecule has 2 rings (SSSR count).